The van der Waals surface area contributed by atoms with Crippen molar-refractivity contribution in [3.8, 4) is 0 Å². The lowest BCUT2D eigenvalue weighted by Crippen LogP contribution is -2.17. The van der Waals surface area contributed by atoms with E-state index >= 15 is 0 Å². The maximum atomic E-state index is 11.9. The van der Waals surface area contributed by atoms with Crippen LogP contribution in [-0.2, 0) is 10.0 Å². The van der Waals surface area contributed by atoms with E-state index in [4.69, 9.17) is 11.6 Å². The molecular formula is C12H17ClN2O4S. The van der Waals surface area contributed by atoms with Crippen LogP contribution in [0.3, 0.4) is 0 Å². The van der Waals surface area contributed by atoms with E-state index in [0.717, 1.165) is 11.1 Å². The summed E-state index contributed by atoms with van der Waals surface area (Å²) in [5, 5.41) is 11.0. The maximum absolute atomic E-state index is 11.9. The lowest BCUT2D eigenvalue weighted by molar-refractivity contribution is -0.383. The highest BCUT2D eigenvalue weighted by Crippen LogP contribution is 2.28. The van der Waals surface area contributed by atoms with Crippen molar-refractivity contribution in [2.45, 2.75) is 26.7 Å². The van der Waals surface area contributed by atoms with Crippen LogP contribution in [-0.4, -0.2) is 25.0 Å². The molecule has 0 amide bonds. The first-order chi connectivity index (χ1) is 9.26. The van der Waals surface area contributed by atoms with Gasteiger partial charge in [0.15, 0.2) is 0 Å². The van der Waals surface area contributed by atoms with E-state index in [2.05, 4.69) is 4.72 Å². The van der Waals surface area contributed by atoms with Gasteiger partial charge in [-0.05, 0) is 43.9 Å². The van der Waals surface area contributed by atoms with Crippen LogP contribution in [0.25, 0.3) is 0 Å². The molecule has 1 rings (SSSR count). The lowest BCUT2D eigenvalue weighted by Gasteiger charge is -2.10. The fraction of sp³-hybridized carbons (Fsp3) is 0.500. The van der Waals surface area contributed by atoms with Crippen molar-refractivity contribution in [1.82, 2.24) is 0 Å². The highest BCUT2D eigenvalue weighted by Gasteiger charge is 2.20. The summed E-state index contributed by atoms with van der Waals surface area (Å²) in [6.07, 6.45) is 0.995. The smallest absolute Gasteiger partial charge is 0.277 e. The number of nitrogens with zero attached hydrogens (tertiary/aromatic N) is 1. The summed E-state index contributed by atoms with van der Waals surface area (Å²) >= 11 is 5.49. The Hall–Kier alpha value is -1.34. The van der Waals surface area contributed by atoms with Crippen molar-refractivity contribution < 1.29 is 13.3 Å². The number of unbranched alkanes of at least 4 members (excludes halogenated alkanes) is 1. The van der Waals surface area contributed by atoms with Crippen LogP contribution >= 0.6 is 11.6 Å². The van der Waals surface area contributed by atoms with Gasteiger partial charge >= 0.3 is 0 Å². The van der Waals surface area contributed by atoms with E-state index in [1.807, 2.05) is 0 Å². The molecule has 112 valence electrons. The normalized spacial score (nSPS) is 11.3. The molecule has 20 heavy (non-hydrogen) atoms. The predicted molar refractivity (Wildman–Crippen MR) is 79.9 cm³/mol. The number of anilines is 1. The molecule has 1 aromatic rings. The number of benzene rings is 1. The highest BCUT2D eigenvalue weighted by molar-refractivity contribution is 7.92. The molecule has 0 aliphatic rings. The standard InChI is InChI=1S/C12H17ClN2O4S/c1-9-7-11(12(15(16)17)8-10(9)2)14-20(18,19)6-4-3-5-13/h7-8,14H,3-6H2,1-2H3. The van der Waals surface area contributed by atoms with Crippen LogP contribution in [0, 0.1) is 24.0 Å². The first-order valence-electron chi connectivity index (χ1n) is 6.09. The van der Waals surface area contributed by atoms with Crippen molar-refractivity contribution in [3.63, 3.8) is 0 Å². The molecule has 0 fully saturated rings. The number of aryl methyl sites for hydroxylation is 2. The minimum atomic E-state index is -3.61. The molecule has 0 aliphatic carbocycles. The zero-order valence-electron chi connectivity index (χ0n) is 11.3. The fourth-order valence-corrected chi connectivity index (χ4v) is 3.01. The third kappa shape index (κ3) is 4.64. The van der Waals surface area contributed by atoms with Crippen LogP contribution < -0.4 is 4.72 Å². The van der Waals surface area contributed by atoms with Crippen molar-refractivity contribution in [2.24, 2.45) is 0 Å². The monoisotopic (exact) mass is 320 g/mol. The van der Waals surface area contributed by atoms with E-state index in [-0.39, 0.29) is 17.1 Å². The summed E-state index contributed by atoms with van der Waals surface area (Å²) < 4.78 is 26.0. The fourth-order valence-electron chi connectivity index (χ4n) is 1.64. The van der Waals surface area contributed by atoms with Gasteiger partial charge in [0.25, 0.3) is 5.69 Å². The molecule has 0 unspecified atom stereocenters. The molecule has 1 N–H and O–H groups in total. The molecule has 6 nitrogen and oxygen atoms in total. The largest absolute Gasteiger partial charge is 0.293 e. The zero-order chi connectivity index (χ0) is 15.3. The zero-order valence-corrected chi connectivity index (χ0v) is 12.9. The Morgan fingerprint density at radius 1 is 1.25 bits per heavy atom. The van der Waals surface area contributed by atoms with Gasteiger partial charge in [0.1, 0.15) is 5.69 Å². The van der Waals surface area contributed by atoms with E-state index in [1.54, 1.807) is 13.8 Å². The summed E-state index contributed by atoms with van der Waals surface area (Å²) in [5.74, 6) is 0.281. The summed E-state index contributed by atoms with van der Waals surface area (Å²) in [4.78, 5) is 10.4. The highest BCUT2D eigenvalue weighted by atomic mass is 35.5. The van der Waals surface area contributed by atoms with Gasteiger partial charge in [-0.15, -0.1) is 11.6 Å². The molecule has 0 aliphatic heterocycles. The van der Waals surface area contributed by atoms with Crippen molar-refractivity contribution in [2.75, 3.05) is 16.4 Å². The number of halogens is 1. The second-order valence-corrected chi connectivity index (χ2v) is 6.75. The minimum Gasteiger partial charge on any atom is -0.277 e. The number of hydrogen-bond donors (Lipinski definition) is 1. The van der Waals surface area contributed by atoms with E-state index < -0.39 is 14.9 Å². The quantitative estimate of drug-likeness (QED) is 0.362. The second kappa shape index (κ2) is 6.90. The Balaban J connectivity index is 3.02. The van der Waals surface area contributed by atoms with Gasteiger partial charge in [-0.1, -0.05) is 0 Å². The Morgan fingerprint density at radius 3 is 2.40 bits per heavy atom. The van der Waals surface area contributed by atoms with Crippen LogP contribution in [0.2, 0.25) is 0 Å². The number of nitro benzene ring substituents is 1. The van der Waals surface area contributed by atoms with Crippen molar-refractivity contribution in [3.05, 3.63) is 33.4 Å². The maximum Gasteiger partial charge on any atom is 0.293 e. The minimum absolute atomic E-state index is 0.00368. The van der Waals surface area contributed by atoms with E-state index in [0.29, 0.717) is 18.7 Å². The van der Waals surface area contributed by atoms with Gasteiger partial charge in [-0.3, -0.25) is 14.8 Å². The van der Waals surface area contributed by atoms with Gasteiger partial charge < -0.3 is 0 Å². The Kier molecular flexibility index (Phi) is 5.76. The molecule has 0 heterocycles. The van der Waals surface area contributed by atoms with Crippen LogP contribution in [0.5, 0.6) is 0 Å². The molecule has 8 heteroatoms. The summed E-state index contributed by atoms with van der Waals surface area (Å²) in [6.45, 7) is 3.51. The Morgan fingerprint density at radius 2 is 1.85 bits per heavy atom. The molecule has 0 bridgehead atoms. The van der Waals surface area contributed by atoms with Gasteiger partial charge in [0, 0.05) is 11.9 Å². The third-order valence-corrected chi connectivity index (χ3v) is 4.50. The molecular weight excluding hydrogens is 304 g/mol. The molecule has 0 saturated carbocycles. The van der Waals surface area contributed by atoms with Gasteiger partial charge in [0.05, 0.1) is 10.7 Å². The number of rotatable bonds is 7. The number of sulfonamides is 1. The molecule has 0 radical (unpaired) electrons. The van der Waals surface area contributed by atoms with Gasteiger partial charge in [-0.2, -0.15) is 0 Å². The predicted octanol–water partition coefficient (Wildman–Crippen LogP) is 2.97. The second-order valence-electron chi connectivity index (χ2n) is 4.53. The first-order valence-corrected chi connectivity index (χ1v) is 8.27. The lowest BCUT2D eigenvalue weighted by atomic mass is 10.1. The summed E-state index contributed by atoms with van der Waals surface area (Å²) in [5.41, 5.74) is 1.29. The SMILES string of the molecule is Cc1cc(NS(=O)(=O)CCCCCl)c([N+](=O)[O-])cc1C. The topological polar surface area (TPSA) is 89.3 Å². The molecule has 0 saturated heterocycles. The number of nitrogens with one attached hydrogen (secondary N) is 1. The summed E-state index contributed by atoms with van der Waals surface area (Å²) in [7, 11) is -3.61. The van der Waals surface area contributed by atoms with Crippen LogP contribution in [0.15, 0.2) is 12.1 Å². The van der Waals surface area contributed by atoms with Crippen LogP contribution in [0.4, 0.5) is 11.4 Å². The number of nitro groups is 1. The summed E-state index contributed by atoms with van der Waals surface area (Å²) in [6, 6.07) is 2.85. The van der Waals surface area contributed by atoms with E-state index in [1.165, 1.54) is 12.1 Å². The van der Waals surface area contributed by atoms with Gasteiger partial charge in [-0.25, -0.2) is 8.42 Å². The van der Waals surface area contributed by atoms with Crippen LogP contribution in [0.1, 0.15) is 24.0 Å². The number of alkyl halides is 1. The average molecular weight is 321 g/mol. The van der Waals surface area contributed by atoms with Gasteiger partial charge in [0.2, 0.25) is 10.0 Å². The van der Waals surface area contributed by atoms with E-state index in [9.17, 15) is 18.5 Å². The Bertz CT molecular complexity index is 602. The molecule has 1 aromatic carbocycles. The number of hydrogen-bond acceptors (Lipinski definition) is 4. The molecule has 0 atom stereocenters. The molecule has 0 aromatic heterocycles. The Labute approximate surface area is 123 Å². The van der Waals surface area contributed by atoms with Crippen molar-refractivity contribution in [1.29, 1.82) is 0 Å². The molecule has 0 spiro atoms. The first kappa shape index (κ1) is 16.7. The third-order valence-electron chi connectivity index (χ3n) is 2.87. The average Bonchev–Trinajstić information content (AvgIpc) is 2.33. The van der Waals surface area contributed by atoms with Crippen molar-refractivity contribution >= 4 is 33.0 Å².